The molecule has 0 aliphatic heterocycles. The van der Waals surface area contributed by atoms with Crippen molar-refractivity contribution >= 4 is 5.97 Å². The molecule has 0 heterocycles. The third kappa shape index (κ3) is 2.44. The molecule has 0 atom stereocenters. The van der Waals surface area contributed by atoms with Crippen molar-refractivity contribution in [3.05, 3.63) is 0 Å². The van der Waals surface area contributed by atoms with Crippen LogP contribution in [0.1, 0.15) is 33.1 Å². The Morgan fingerprint density at radius 3 is 2.46 bits per heavy atom. The maximum Gasteiger partial charge on any atom is 0.303 e. The first-order valence-corrected chi connectivity index (χ1v) is 4.87. The summed E-state index contributed by atoms with van der Waals surface area (Å²) in [5, 5.41) is 8.57. The van der Waals surface area contributed by atoms with Crippen LogP contribution < -0.4 is 5.73 Å². The van der Waals surface area contributed by atoms with Gasteiger partial charge in [-0.15, -0.1) is 0 Å². The number of hydrogen-bond acceptors (Lipinski definition) is 2. The molecule has 0 aromatic rings. The standard InChI is InChI=1S/C10H19NO2/c1-10(2,6-11)8-3-7(4-8)5-9(12)13/h7-8H,3-6,11H2,1-2H3,(H,12,13). The molecule has 0 aromatic heterocycles. The zero-order chi connectivity index (χ0) is 10.1. The number of carboxylic acid groups (broad SMARTS) is 1. The van der Waals surface area contributed by atoms with Crippen molar-refractivity contribution < 1.29 is 9.90 Å². The highest BCUT2D eigenvalue weighted by atomic mass is 16.4. The van der Waals surface area contributed by atoms with E-state index in [-0.39, 0.29) is 5.41 Å². The molecule has 76 valence electrons. The number of carboxylic acids is 1. The number of carbonyl (C=O) groups is 1. The number of hydrogen-bond donors (Lipinski definition) is 2. The monoisotopic (exact) mass is 185 g/mol. The zero-order valence-electron chi connectivity index (χ0n) is 8.42. The normalized spacial score (nSPS) is 28.2. The van der Waals surface area contributed by atoms with Gasteiger partial charge < -0.3 is 10.8 Å². The first-order chi connectivity index (χ1) is 5.95. The van der Waals surface area contributed by atoms with Gasteiger partial charge in [0, 0.05) is 6.42 Å². The fourth-order valence-electron chi connectivity index (χ4n) is 1.95. The van der Waals surface area contributed by atoms with E-state index in [4.69, 9.17) is 10.8 Å². The maximum absolute atomic E-state index is 10.4. The molecule has 3 heteroatoms. The predicted octanol–water partition coefficient (Wildman–Crippen LogP) is 1.47. The molecule has 0 bridgehead atoms. The molecule has 1 aliphatic carbocycles. The first-order valence-electron chi connectivity index (χ1n) is 4.87. The fourth-order valence-corrected chi connectivity index (χ4v) is 1.95. The van der Waals surface area contributed by atoms with Gasteiger partial charge in [-0.25, -0.2) is 0 Å². The van der Waals surface area contributed by atoms with E-state index >= 15 is 0 Å². The van der Waals surface area contributed by atoms with Crippen LogP contribution >= 0.6 is 0 Å². The van der Waals surface area contributed by atoms with Gasteiger partial charge in [-0.1, -0.05) is 13.8 Å². The van der Waals surface area contributed by atoms with Crippen LogP contribution in [0.2, 0.25) is 0 Å². The van der Waals surface area contributed by atoms with Crippen molar-refractivity contribution in [3.8, 4) is 0 Å². The second kappa shape index (κ2) is 3.66. The van der Waals surface area contributed by atoms with Crippen LogP contribution in [0.4, 0.5) is 0 Å². The van der Waals surface area contributed by atoms with Crippen molar-refractivity contribution in [1.29, 1.82) is 0 Å². The van der Waals surface area contributed by atoms with Crippen LogP contribution in [0.15, 0.2) is 0 Å². The smallest absolute Gasteiger partial charge is 0.303 e. The van der Waals surface area contributed by atoms with E-state index in [2.05, 4.69) is 13.8 Å². The average Bonchev–Trinajstić information content (AvgIpc) is 1.95. The molecule has 0 spiro atoms. The molecule has 0 saturated heterocycles. The second-order valence-electron chi connectivity index (χ2n) is 4.82. The number of nitrogens with two attached hydrogens (primary N) is 1. The molecule has 0 amide bonds. The summed E-state index contributed by atoms with van der Waals surface area (Å²) in [6, 6.07) is 0. The molecule has 13 heavy (non-hydrogen) atoms. The molecular weight excluding hydrogens is 166 g/mol. The molecule has 1 saturated carbocycles. The molecule has 3 nitrogen and oxygen atoms in total. The quantitative estimate of drug-likeness (QED) is 0.697. The summed E-state index contributed by atoms with van der Waals surface area (Å²) < 4.78 is 0. The lowest BCUT2D eigenvalue weighted by Gasteiger charge is -2.44. The molecule has 3 N–H and O–H groups in total. The summed E-state index contributed by atoms with van der Waals surface area (Å²) in [6.07, 6.45) is 2.41. The highest BCUT2D eigenvalue weighted by Gasteiger charge is 2.39. The predicted molar refractivity (Wildman–Crippen MR) is 51.3 cm³/mol. The largest absolute Gasteiger partial charge is 0.481 e. The molecule has 0 unspecified atom stereocenters. The van der Waals surface area contributed by atoms with Gasteiger partial charge in [0.1, 0.15) is 0 Å². The number of aliphatic carboxylic acids is 1. The third-order valence-electron chi connectivity index (χ3n) is 3.33. The Kier molecular flexibility index (Phi) is 2.96. The maximum atomic E-state index is 10.4. The summed E-state index contributed by atoms with van der Waals surface area (Å²) in [5.41, 5.74) is 5.84. The summed E-state index contributed by atoms with van der Waals surface area (Å²) in [4.78, 5) is 10.4. The van der Waals surface area contributed by atoms with Gasteiger partial charge in [-0.05, 0) is 36.6 Å². The van der Waals surface area contributed by atoms with Crippen LogP contribution in [0.25, 0.3) is 0 Å². The van der Waals surface area contributed by atoms with Gasteiger partial charge in [0.2, 0.25) is 0 Å². The topological polar surface area (TPSA) is 63.3 Å². The van der Waals surface area contributed by atoms with Gasteiger partial charge in [-0.3, -0.25) is 4.79 Å². The Morgan fingerprint density at radius 2 is 2.08 bits per heavy atom. The van der Waals surface area contributed by atoms with E-state index in [0.717, 1.165) is 12.8 Å². The highest BCUT2D eigenvalue weighted by Crippen LogP contribution is 2.46. The van der Waals surface area contributed by atoms with E-state index in [0.29, 0.717) is 24.8 Å². The van der Waals surface area contributed by atoms with E-state index in [1.165, 1.54) is 0 Å². The van der Waals surface area contributed by atoms with E-state index in [1.807, 2.05) is 0 Å². The Balaban J connectivity index is 2.29. The molecule has 0 radical (unpaired) electrons. The highest BCUT2D eigenvalue weighted by molar-refractivity contribution is 5.67. The van der Waals surface area contributed by atoms with Crippen LogP contribution in [-0.4, -0.2) is 17.6 Å². The van der Waals surface area contributed by atoms with Crippen molar-refractivity contribution in [2.75, 3.05) is 6.54 Å². The Labute approximate surface area is 79.3 Å². The lowest BCUT2D eigenvalue weighted by Crippen LogP contribution is -2.41. The summed E-state index contributed by atoms with van der Waals surface area (Å²) in [7, 11) is 0. The Bertz CT molecular complexity index is 195. The third-order valence-corrected chi connectivity index (χ3v) is 3.33. The van der Waals surface area contributed by atoms with Crippen LogP contribution in [0.3, 0.4) is 0 Å². The average molecular weight is 185 g/mol. The van der Waals surface area contributed by atoms with Crippen molar-refractivity contribution in [1.82, 2.24) is 0 Å². The van der Waals surface area contributed by atoms with Gasteiger partial charge in [-0.2, -0.15) is 0 Å². The van der Waals surface area contributed by atoms with Crippen LogP contribution in [0, 0.1) is 17.3 Å². The second-order valence-corrected chi connectivity index (χ2v) is 4.82. The Morgan fingerprint density at radius 1 is 1.54 bits per heavy atom. The van der Waals surface area contributed by atoms with E-state index in [1.54, 1.807) is 0 Å². The zero-order valence-corrected chi connectivity index (χ0v) is 8.42. The van der Waals surface area contributed by atoms with Crippen molar-refractivity contribution in [2.24, 2.45) is 23.0 Å². The summed E-state index contributed by atoms with van der Waals surface area (Å²) in [5.74, 6) is 0.351. The first kappa shape index (κ1) is 10.5. The van der Waals surface area contributed by atoms with Crippen molar-refractivity contribution in [3.63, 3.8) is 0 Å². The molecule has 1 rings (SSSR count). The summed E-state index contributed by atoms with van der Waals surface area (Å²) in [6.45, 7) is 5.01. The van der Waals surface area contributed by atoms with Crippen molar-refractivity contribution in [2.45, 2.75) is 33.1 Å². The SMILES string of the molecule is CC(C)(CN)C1CC(CC(=O)O)C1. The minimum atomic E-state index is -0.672. The fraction of sp³-hybridized carbons (Fsp3) is 0.900. The number of rotatable bonds is 4. The molecule has 1 fully saturated rings. The molecular formula is C10H19NO2. The van der Waals surface area contributed by atoms with E-state index < -0.39 is 5.97 Å². The Hall–Kier alpha value is -0.570. The molecule has 0 aromatic carbocycles. The van der Waals surface area contributed by atoms with Gasteiger partial charge in [0.25, 0.3) is 0 Å². The lowest BCUT2D eigenvalue weighted by atomic mass is 9.61. The van der Waals surface area contributed by atoms with Gasteiger partial charge in [0.15, 0.2) is 0 Å². The van der Waals surface area contributed by atoms with E-state index in [9.17, 15) is 4.79 Å². The van der Waals surface area contributed by atoms with Gasteiger partial charge in [0.05, 0.1) is 0 Å². The van der Waals surface area contributed by atoms with Crippen LogP contribution in [0.5, 0.6) is 0 Å². The van der Waals surface area contributed by atoms with Gasteiger partial charge >= 0.3 is 5.97 Å². The molecule has 1 aliphatic rings. The van der Waals surface area contributed by atoms with Crippen LogP contribution in [-0.2, 0) is 4.79 Å². The minimum absolute atomic E-state index is 0.189. The lowest BCUT2D eigenvalue weighted by molar-refractivity contribution is -0.139. The summed E-state index contributed by atoms with van der Waals surface area (Å²) >= 11 is 0. The minimum Gasteiger partial charge on any atom is -0.481 e.